The summed E-state index contributed by atoms with van der Waals surface area (Å²) in [6, 6.07) is -0.129. The third-order valence-corrected chi connectivity index (χ3v) is 4.41. The molecule has 2 N–H and O–H groups in total. The van der Waals surface area contributed by atoms with E-state index in [4.69, 9.17) is 0 Å². The van der Waals surface area contributed by atoms with Crippen LogP contribution in [0.15, 0.2) is 0 Å². The fourth-order valence-electron chi connectivity index (χ4n) is 3.02. The first-order chi connectivity index (χ1) is 8.98. The number of aliphatic carboxylic acids is 1. The zero-order chi connectivity index (χ0) is 14.0. The number of nitrogens with zero attached hydrogens (tertiary/aromatic N) is 2. The number of urea groups is 1. The Hall–Kier alpha value is -1.30. The van der Waals surface area contributed by atoms with Crippen LogP contribution < -0.4 is 0 Å². The number of aliphatic hydroxyl groups excluding tert-OH is 1. The topological polar surface area (TPSA) is 81.1 Å². The van der Waals surface area contributed by atoms with Crippen LogP contribution in [0.25, 0.3) is 0 Å². The van der Waals surface area contributed by atoms with E-state index in [1.807, 2.05) is 6.92 Å². The van der Waals surface area contributed by atoms with Crippen molar-refractivity contribution in [3.05, 3.63) is 0 Å². The number of aliphatic hydroxyl groups is 1. The molecule has 2 saturated heterocycles. The van der Waals surface area contributed by atoms with E-state index >= 15 is 0 Å². The lowest BCUT2D eigenvalue weighted by molar-refractivity contribution is -0.152. The maximum absolute atomic E-state index is 12.3. The summed E-state index contributed by atoms with van der Waals surface area (Å²) in [5.41, 5.74) is -0.799. The van der Waals surface area contributed by atoms with Crippen molar-refractivity contribution >= 4 is 12.0 Å². The third-order valence-electron chi connectivity index (χ3n) is 4.41. The number of hydrogen-bond acceptors (Lipinski definition) is 3. The monoisotopic (exact) mass is 270 g/mol. The van der Waals surface area contributed by atoms with Crippen LogP contribution in [0, 0.1) is 5.41 Å². The second-order valence-electron chi connectivity index (χ2n) is 5.64. The van der Waals surface area contributed by atoms with Crippen LogP contribution in [0.5, 0.6) is 0 Å². The van der Waals surface area contributed by atoms with Crippen molar-refractivity contribution in [3.63, 3.8) is 0 Å². The van der Waals surface area contributed by atoms with Crippen LogP contribution in [-0.2, 0) is 4.79 Å². The van der Waals surface area contributed by atoms with Crippen LogP contribution in [-0.4, -0.2) is 64.3 Å². The molecule has 2 aliphatic rings. The van der Waals surface area contributed by atoms with Gasteiger partial charge in [0.1, 0.15) is 0 Å². The molecule has 0 spiro atoms. The lowest BCUT2D eigenvalue weighted by atomic mass is 9.78. The largest absolute Gasteiger partial charge is 0.481 e. The van der Waals surface area contributed by atoms with Crippen molar-refractivity contribution in [1.82, 2.24) is 9.80 Å². The predicted octanol–water partition coefficient (Wildman–Crippen LogP) is 0.750. The molecule has 0 aliphatic carbocycles. The summed E-state index contributed by atoms with van der Waals surface area (Å²) in [5, 5.41) is 18.9. The molecule has 2 rings (SSSR count). The first-order valence-corrected chi connectivity index (χ1v) is 6.94. The lowest BCUT2D eigenvalue weighted by Crippen LogP contribution is -2.53. The van der Waals surface area contributed by atoms with Crippen molar-refractivity contribution in [2.75, 3.05) is 26.2 Å². The maximum atomic E-state index is 12.3. The van der Waals surface area contributed by atoms with Gasteiger partial charge < -0.3 is 20.0 Å². The number of β-amino-alcohol motifs (C(OH)–C–C–N with tert-alkyl or cyclic N) is 1. The van der Waals surface area contributed by atoms with Crippen molar-refractivity contribution in [3.8, 4) is 0 Å². The third kappa shape index (κ3) is 2.68. The van der Waals surface area contributed by atoms with E-state index in [2.05, 4.69) is 0 Å². The summed E-state index contributed by atoms with van der Waals surface area (Å²) in [5.74, 6) is -0.811. The number of carbonyl (C=O) groups excluding carboxylic acids is 1. The van der Waals surface area contributed by atoms with E-state index in [1.54, 1.807) is 9.80 Å². The second kappa shape index (κ2) is 5.36. The molecular weight excluding hydrogens is 248 g/mol. The molecule has 2 unspecified atom stereocenters. The number of hydrogen-bond donors (Lipinski definition) is 2. The Bertz CT molecular complexity index is 374. The normalized spacial score (nSPS) is 31.6. The Morgan fingerprint density at radius 2 is 2.05 bits per heavy atom. The maximum Gasteiger partial charge on any atom is 0.320 e. The molecule has 2 fully saturated rings. The molecule has 108 valence electrons. The van der Waals surface area contributed by atoms with Gasteiger partial charge in [0.25, 0.3) is 0 Å². The zero-order valence-corrected chi connectivity index (χ0v) is 11.3. The number of rotatable bonds is 2. The molecule has 6 heteroatoms. The van der Waals surface area contributed by atoms with Crippen LogP contribution in [0.4, 0.5) is 4.79 Å². The van der Waals surface area contributed by atoms with Gasteiger partial charge in [-0.05, 0) is 25.7 Å². The Balaban J connectivity index is 2.04. The summed E-state index contributed by atoms with van der Waals surface area (Å²) < 4.78 is 0. The van der Waals surface area contributed by atoms with Crippen molar-refractivity contribution in [1.29, 1.82) is 0 Å². The van der Waals surface area contributed by atoms with Crippen LogP contribution in [0.3, 0.4) is 0 Å². The Morgan fingerprint density at radius 3 is 2.58 bits per heavy atom. The molecule has 2 aliphatic heterocycles. The Morgan fingerprint density at radius 1 is 1.32 bits per heavy atom. The molecule has 0 aromatic rings. The first-order valence-electron chi connectivity index (χ1n) is 6.94. The number of amides is 2. The van der Waals surface area contributed by atoms with Crippen molar-refractivity contribution in [2.24, 2.45) is 5.41 Å². The highest BCUT2D eigenvalue weighted by Crippen LogP contribution is 2.34. The van der Waals surface area contributed by atoms with Crippen LogP contribution >= 0.6 is 0 Å². The van der Waals surface area contributed by atoms with Crippen LogP contribution in [0.1, 0.15) is 32.6 Å². The van der Waals surface area contributed by atoms with Gasteiger partial charge in [0.2, 0.25) is 0 Å². The standard InChI is InChI=1S/C13H22N2O4/c1-2-13(11(17)18)5-3-6-15(9-13)12(19)14-7-4-10(16)8-14/h10,16H,2-9H2,1H3,(H,17,18). The first kappa shape index (κ1) is 14.1. The lowest BCUT2D eigenvalue weighted by Gasteiger charge is -2.40. The average molecular weight is 270 g/mol. The minimum Gasteiger partial charge on any atom is -0.481 e. The van der Waals surface area contributed by atoms with Gasteiger partial charge in [-0.15, -0.1) is 0 Å². The van der Waals surface area contributed by atoms with Gasteiger partial charge in [-0.3, -0.25) is 4.79 Å². The summed E-state index contributed by atoms with van der Waals surface area (Å²) in [7, 11) is 0. The van der Waals surface area contributed by atoms with Gasteiger partial charge in [-0.2, -0.15) is 0 Å². The average Bonchev–Trinajstić information content (AvgIpc) is 2.84. The molecule has 19 heavy (non-hydrogen) atoms. The molecular formula is C13H22N2O4. The number of carboxylic acid groups (broad SMARTS) is 1. The number of piperidine rings is 1. The molecule has 6 nitrogen and oxygen atoms in total. The second-order valence-corrected chi connectivity index (χ2v) is 5.64. The molecule has 0 bridgehead atoms. The minimum atomic E-state index is -0.811. The van der Waals surface area contributed by atoms with E-state index in [1.165, 1.54) is 0 Å². The molecule has 2 heterocycles. The van der Waals surface area contributed by atoms with Gasteiger partial charge >= 0.3 is 12.0 Å². The SMILES string of the molecule is CCC1(C(=O)O)CCCN(C(=O)N2CCC(O)C2)C1. The summed E-state index contributed by atoms with van der Waals surface area (Å²) in [6.45, 7) is 3.68. The molecule has 2 atom stereocenters. The Kier molecular flexibility index (Phi) is 3.99. The summed E-state index contributed by atoms with van der Waals surface area (Å²) >= 11 is 0. The fraction of sp³-hybridized carbons (Fsp3) is 0.846. The quantitative estimate of drug-likeness (QED) is 0.776. The molecule has 0 radical (unpaired) electrons. The van der Waals surface area contributed by atoms with Crippen molar-refractivity contribution < 1.29 is 19.8 Å². The van der Waals surface area contributed by atoms with E-state index in [0.29, 0.717) is 38.9 Å². The zero-order valence-electron chi connectivity index (χ0n) is 11.3. The minimum absolute atomic E-state index is 0.129. The number of carbonyl (C=O) groups is 2. The smallest absolute Gasteiger partial charge is 0.320 e. The predicted molar refractivity (Wildman–Crippen MR) is 68.8 cm³/mol. The van der Waals surface area contributed by atoms with Crippen molar-refractivity contribution in [2.45, 2.75) is 38.7 Å². The molecule has 0 saturated carbocycles. The van der Waals surface area contributed by atoms with E-state index < -0.39 is 17.5 Å². The highest BCUT2D eigenvalue weighted by atomic mass is 16.4. The molecule has 0 aromatic carbocycles. The highest BCUT2D eigenvalue weighted by molar-refractivity contribution is 5.79. The van der Waals surface area contributed by atoms with Gasteiger partial charge in [-0.25, -0.2) is 4.79 Å². The van der Waals surface area contributed by atoms with Gasteiger partial charge in [0.05, 0.1) is 11.5 Å². The van der Waals surface area contributed by atoms with Gasteiger partial charge in [0.15, 0.2) is 0 Å². The summed E-state index contributed by atoms with van der Waals surface area (Å²) in [4.78, 5) is 27.0. The number of likely N-dealkylation sites (tertiary alicyclic amines) is 2. The fourth-order valence-corrected chi connectivity index (χ4v) is 3.02. The summed E-state index contributed by atoms with van der Waals surface area (Å²) in [6.07, 6.45) is 2.06. The highest BCUT2D eigenvalue weighted by Gasteiger charge is 2.43. The number of carboxylic acids is 1. The van der Waals surface area contributed by atoms with E-state index in [0.717, 1.165) is 6.42 Å². The van der Waals surface area contributed by atoms with E-state index in [9.17, 15) is 19.8 Å². The molecule has 0 aromatic heterocycles. The Labute approximate surface area is 113 Å². The van der Waals surface area contributed by atoms with Gasteiger partial charge in [0, 0.05) is 26.2 Å². The van der Waals surface area contributed by atoms with Gasteiger partial charge in [-0.1, -0.05) is 6.92 Å². The van der Waals surface area contributed by atoms with E-state index in [-0.39, 0.29) is 12.6 Å². The van der Waals surface area contributed by atoms with Crippen LogP contribution in [0.2, 0.25) is 0 Å². The molecule has 2 amide bonds.